The van der Waals surface area contributed by atoms with Crippen molar-refractivity contribution in [2.75, 3.05) is 46.0 Å². The molecule has 1 fully saturated rings. The van der Waals surface area contributed by atoms with Gasteiger partial charge in [0.15, 0.2) is 0 Å². The molecule has 1 aromatic rings. The van der Waals surface area contributed by atoms with Crippen LogP contribution in [-0.4, -0.2) is 63.7 Å². The van der Waals surface area contributed by atoms with Crippen LogP contribution in [0, 0.1) is 5.82 Å². The fraction of sp³-hybridized carbons (Fsp3) is 0.571. The summed E-state index contributed by atoms with van der Waals surface area (Å²) in [5.41, 5.74) is 0.644. The number of benzene rings is 1. The minimum absolute atomic E-state index is 0.101. The molecular formula is C14H22FN3O2S. The molecule has 1 saturated heterocycles. The van der Waals surface area contributed by atoms with Crippen LogP contribution in [0.5, 0.6) is 0 Å². The van der Waals surface area contributed by atoms with Crippen LogP contribution in [0.2, 0.25) is 0 Å². The van der Waals surface area contributed by atoms with Gasteiger partial charge in [-0.1, -0.05) is 18.2 Å². The third-order valence-corrected chi connectivity index (χ3v) is 5.17. The standard InChI is InChI=1S/C14H22FN3O2S/c1-16-14(12-5-3-4-6-13(12)15)11-17-7-9-18(10-8-17)21(2,19)20/h3-6,14,16H,7-11H2,1-2H3. The maximum atomic E-state index is 13.9. The number of nitrogens with one attached hydrogen (secondary N) is 1. The normalized spacial score (nSPS) is 19.6. The average Bonchev–Trinajstić information content (AvgIpc) is 2.45. The molecule has 2 rings (SSSR count). The van der Waals surface area contributed by atoms with Gasteiger partial charge in [-0.2, -0.15) is 4.31 Å². The Morgan fingerprint density at radius 2 is 1.86 bits per heavy atom. The van der Waals surface area contributed by atoms with E-state index in [1.807, 2.05) is 13.1 Å². The number of nitrogens with zero attached hydrogens (tertiary/aromatic N) is 2. The molecule has 0 radical (unpaired) electrons. The molecule has 1 heterocycles. The molecule has 0 spiro atoms. The zero-order chi connectivity index (χ0) is 15.5. The summed E-state index contributed by atoms with van der Waals surface area (Å²) < 4.78 is 38.3. The second-order valence-corrected chi connectivity index (χ2v) is 7.31. The van der Waals surface area contributed by atoms with E-state index in [2.05, 4.69) is 10.2 Å². The van der Waals surface area contributed by atoms with Gasteiger partial charge in [0.1, 0.15) is 5.82 Å². The van der Waals surface area contributed by atoms with E-state index in [1.165, 1.54) is 16.6 Å². The molecule has 21 heavy (non-hydrogen) atoms. The number of rotatable bonds is 5. The van der Waals surface area contributed by atoms with Crippen LogP contribution >= 0.6 is 0 Å². The zero-order valence-electron chi connectivity index (χ0n) is 12.4. The van der Waals surface area contributed by atoms with Crippen molar-refractivity contribution < 1.29 is 12.8 Å². The molecule has 1 unspecified atom stereocenters. The lowest BCUT2D eigenvalue weighted by Gasteiger charge is -2.35. The molecule has 1 aromatic carbocycles. The molecule has 5 nitrogen and oxygen atoms in total. The van der Waals surface area contributed by atoms with Gasteiger partial charge in [0.2, 0.25) is 10.0 Å². The van der Waals surface area contributed by atoms with E-state index in [0.717, 1.165) is 0 Å². The van der Waals surface area contributed by atoms with Crippen LogP contribution in [0.1, 0.15) is 11.6 Å². The molecule has 0 amide bonds. The Morgan fingerprint density at radius 1 is 1.24 bits per heavy atom. The van der Waals surface area contributed by atoms with Crippen molar-refractivity contribution in [3.63, 3.8) is 0 Å². The topological polar surface area (TPSA) is 52.6 Å². The average molecular weight is 315 g/mol. The first-order valence-corrected chi connectivity index (χ1v) is 8.86. The lowest BCUT2D eigenvalue weighted by Crippen LogP contribution is -2.50. The van der Waals surface area contributed by atoms with Crippen molar-refractivity contribution in [3.05, 3.63) is 35.6 Å². The van der Waals surface area contributed by atoms with Crippen LogP contribution in [0.25, 0.3) is 0 Å². The zero-order valence-corrected chi connectivity index (χ0v) is 13.2. The first-order valence-electron chi connectivity index (χ1n) is 7.01. The first-order chi connectivity index (χ1) is 9.91. The van der Waals surface area contributed by atoms with Gasteiger partial charge in [-0.15, -0.1) is 0 Å². The Balaban J connectivity index is 1.97. The second-order valence-electron chi connectivity index (χ2n) is 5.33. The molecule has 1 N–H and O–H groups in total. The lowest BCUT2D eigenvalue weighted by molar-refractivity contribution is 0.173. The van der Waals surface area contributed by atoms with E-state index in [9.17, 15) is 12.8 Å². The molecule has 118 valence electrons. The van der Waals surface area contributed by atoms with Crippen LogP contribution < -0.4 is 5.32 Å². The van der Waals surface area contributed by atoms with Crippen molar-refractivity contribution in [3.8, 4) is 0 Å². The second kappa shape index (κ2) is 6.83. The Labute approximate surface area is 125 Å². The molecule has 0 bridgehead atoms. The molecule has 1 aliphatic rings. The van der Waals surface area contributed by atoms with E-state index >= 15 is 0 Å². The van der Waals surface area contributed by atoms with Crippen molar-refractivity contribution in [2.45, 2.75) is 6.04 Å². The van der Waals surface area contributed by atoms with Gasteiger partial charge in [-0.3, -0.25) is 4.90 Å². The summed E-state index contributed by atoms with van der Waals surface area (Å²) in [7, 11) is -1.30. The van der Waals surface area contributed by atoms with Crippen LogP contribution in [0.4, 0.5) is 4.39 Å². The minimum Gasteiger partial charge on any atom is -0.312 e. The predicted octanol–water partition coefficient (Wildman–Crippen LogP) is 0.663. The highest BCUT2D eigenvalue weighted by Gasteiger charge is 2.25. The van der Waals surface area contributed by atoms with Gasteiger partial charge in [0.05, 0.1) is 6.26 Å². The smallest absolute Gasteiger partial charge is 0.211 e. The fourth-order valence-electron chi connectivity index (χ4n) is 2.60. The third-order valence-electron chi connectivity index (χ3n) is 3.87. The largest absolute Gasteiger partial charge is 0.312 e. The minimum atomic E-state index is -3.11. The van der Waals surface area contributed by atoms with Crippen LogP contribution in [0.15, 0.2) is 24.3 Å². The molecule has 1 aliphatic heterocycles. The van der Waals surface area contributed by atoms with Crippen molar-refractivity contribution in [2.24, 2.45) is 0 Å². The van der Waals surface area contributed by atoms with E-state index in [0.29, 0.717) is 38.3 Å². The van der Waals surface area contributed by atoms with Gasteiger partial charge >= 0.3 is 0 Å². The number of piperazine rings is 1. The number of hydrogen-bond donors (Lipinski definition) is 1. The molecule has 0 aromatic heterocycles. The molecule has 0 saturated carbocycles. The van der Waals surface area contributed by atoms with E-state index in [1.54, 1.807) is 12.1 Å². The highest BCUT2D eigenvalue weighted by molar-refractivity contribution is 7.88. The first kappa shape index (κ1) is 16.4. The van der Waals surface area contributed by atoms with E-state index in [4.69, 9.17) is 0 Å². The quantitative estimate of drug-likeness (QED) is 0.867. The summed E-state index contributed by atoms with van der Waals surface area (Å²) >= 11 is 0. The van der Waals surface area contributed by atoms with Gasteiger partial charge < -0.3 is 5.32 Å². The van der Waals surface area contributed by atoms with Crippen LogP contribution in [-0.2, 0) is 10.0 Å². The molecule has 1 atom stereocenters. The number of halogens is 1. The van der Waals surface area contributed by atoms with Crippen molar-refractivity contribution >= 4 is 10.0 Å². The highest BCUT2D eigenvalue weighted by atomic mass is 32.2. The van der Waals surface area contributed by atoms with Gasteiger partial charge in [-0.05, 0) is 13.1 Å². The van der Waals surface area contributed by atoms with Crippen molar-refractivity contribution in [1.82, 2.24) is 14.5 Å². The summed E-state index contributed by atoms with van der Waals surface area (Å²) in [5, 5.41) is 3.13. The number of sulfonamides is 1. The van der Waals surface area contributed by atoms with Crippen molar-refractivity contribution in [1.29, 1.82) is 0 Å². The van der Waals surface area contributed by atoms with Crippen LogP contribution in [0.3, 0.4) is 0 Å². The Hall–Kier alpha value is -1.02. The monoisotopic (exact) mass is 315 g/mol. The van der Waals surface area contributed by atoms with E-state index in [-0.39, 0.29) is 11.9 Å². The number of hydrogen-bond acceptors (Lipinski definition) is 4. The Bertz CT molecular complexity index is 571. The predicted molar refractivity (Wildman–Crippen MR) is 81.1 cm³/mol. The molecule has 7 heteroatoms. The third kappa shape index (κ3) is 4.23. The Morgan fingerprint density at radius 3 is 2.38 bits per heavy atom. The number of likely N-dealkylation sites (N-methyl/N-ethyl adjacent to an activating group) is 1. The molecular weight excluding hydrogens is 293 g/mol. The lowest BCUT2D eigenvalue weighted by atomic mass is 10.1. The summed E-state index contributed by atoms with van der Waals surface area (Å²) in [5.74, 6) is -0.216. The van der Waals surface area contributed by atoms with E-state index < -0.39 is 10.0 Å². The fourth-order valence-corrected chi connectivity index (χ4v) is 3.43. The summed E-state index contributed by atoms with van der Waals surface area (Å²) in [6, 6.07) is 6.64. The maximum absolute atomic E-state index is 13.9. The summed E-state index contributed by atoms with van der Waals surface area (Å²) in [6.45, 7) is 2.98. The molecule has 0 aliphatic carbocycles. The Kier molecular flexibility index (Phi) is 5.32. The summed E-state index contributed by atoms with van der Waals surface area (Å²) in [6.07, 6.45) is 1.23. The maximum Gasteiger partial charge on any atom is 0.211 e. The van der Waals surface area contributed by atoms with Gasteiger partial charge in [0, 0.05) is 44.3 Å². The highest BCUT2D eigenvalue weighted by Crippen LogP contribution is 2.18. The van der Waals surface area contributed by atoms with Gasteiger partial charge in [0.25, 0.3) is 0 Å². The van der Waals surface area contributed by atoms with Gasteiger partial charge in [-0.25, -0.2) is 12.8 Å². The SMILES string of the molecule is CNC(CN1CCN(S(C)(=O)=O)CC1)c1ccccc1F. The summed E-state index contributed by atoms with van der Waals surface area (Å²) in [4.78, 5) is 2.16.